The van der Waals surface area contributed by atoms with Crippen LogP contribution in [-0.2, 0) is 19.5 Å². The molecule has 1 heterocycles. The molecule has 0 fully saturated rings. The van der Waals surface area contributed by atoms with E-state index in [1.807, 2.05) is 38.1 Å². The van der Waals surface area contributed by atoms with Crippen LogP contribution in [0.1, 0.15) is 62.9 Å². The fourth-order valence-corrected chi connectivity index (χ4v) is 4.91. The number of nitrogens with zero attached hydrogens (tertiary/aromatic N) is 1. The number of benzene rings is 2. The van der Waals surface area contributed by atoms with Crippen LogP contribution in [0.5, 0.6) is 0 Å². The number of carboxylic acids is 1. The van der Waals surface area contributed by atoms with Crippen LogP contribution in [0.15, 0.2) is 48.5 Å². The average Bonchev–Trinajstić information content (AvgIpc) is 2.96. The molecule has 3 aromatic rings. The van der Waals surface area contributed by atoms with Crippen LogP contribution in [0.25, 0.3) is 0 Å². The first-order chi connectivity index (χ1) is 14.5. The van der Waals surface area contributed by atoms with E-state index in [9.17, 15) is 9.90 Å². The summed E-state index contributed by atoms with van der Waals surface area (Å²) >= 11 is 6.14. The topological polar surface area (TPSA) is 54.3 Å². The maximum atomic E-state index is 12.1. The van der Waals surface area contributed by atoms with Gasteiger partial charge in [0.1, 0.15) is 0 Å². The molecular formula is C25H27ClN2O2. The maximum Gasteiger partial charge on any atom is 0.337 e. The van der Waals surface area contributed by atoms with Crippen LogP contribution < -0.4 is 5.32 Å². The molecule has 0 amide bonds. The summed E-state index contributed by atoms with van der Waals surface area (Å²) in [5.41, 5.74) is 6.83. The van der Waals surface area contributed by atoms with Gasteiger partial charge in [0.15, 0.2) is 0 Å². The Hall–Kier alpha value is -2.56. The molecule has 1 aliphatic carbocycles. The summed E-state index contributed by atoms with van der Waals surface area (Å²) in [5.74, 6) is -0.874. The molecule has 30 heavy (non-hydrogen) atoms. The zero-order valence-corrected chi connectivity index (χ0v) is 18.2. The summed E-state index contributed by atoms with van der Waals surface area (Å²) in [4.78, 5) is 12.1. The normalized spacial score (nSPS) is 15.8. The average molecular weight is 423 g/mol. The van der Waals surface area contributed by atoms with Gasteiger partial charge in [-0.25, -0.2) is 4.79 Å². The predicted molar refractivity (Wildman–Crippen MR) is 120 cm³/mol. The van der Waals surface area contributed by atoms with Crippen molar-refractivity contribution >= 4 is 17.6 Å². The number of aromatic nitrogens is 1. The molecule has 156 valence electrons. The van der Waals surface area contributed by atoms with Crippen molar-refractivity contribution in [1.82, 2.24) is 9.88 Å². The summed E-state index contributed by atoms with van der Waals surface area (Å²) in [7, 11) is 0. The molecule has 0 unspecified atom stereocenters. The molecule has 2 N–H and O–H groups in total. The van der Waals surface area contributed by atoms with Crippen LogP contribution >= 0.6 is 11.6 Å². The van der Waals surface area contributed by atoms with Gasteiger partial charge < -0.3 is 15.0 Å². The molecule has 0 aliphatic heterocycles. The SMILES string of the molecule is Cc1c(CN[C@H]2CCCc3ccccc32)c(C(=O)O)c(C)n1Cc1cccc(Cl)c1. The minimum absolute atomic E-state index is 0.257. The number of rotatable bonds is 6. The summed E-state index contributed by atoms with van der Waals surface area (Å²) in [6.07, 6.45) is 3.33. The Morgan fingerprint density at radius 1 is 1.17 bits per heavy atom. The van der Waals surface area contributed by atoms with E-state index < -0.39 is 5.97 Å². The standard InChI is InChI=1S/C25H27ClN2O2/c1-16-22(14-27-23-12-6-9-19-8-3-4-11-21(19)23)24(25(29)30)17(2)28(16)15-18-7-5-10-20(26)13-18/h3-5,7-8,10-11,13,23,27H,6,9,12,14-15H2,1-2H3,(H,29,30)/t23-/m0/s1. The lowest BCUT2D eigenvalue weighted by molar-refractivity contribution is 0.0694. The molecule has 0 saturated heterocycles. The van der Waals surface area contributed by atoms with Crippen molar-refractivity contribution in [1.29, 1.82) is 0 Å². The maximum absolute atomic E-state index is 12.1. The molecule has 2 aromatic carbocycles. The summed E-state index contributed by atoms with van der Waals surface area (Å²) in [6, 6.07) is 16.5. The quantitative estimate of drug-likeness (QED) is 0.538. The molecule has 0 radical (unpaired) electrons. The Morgan fingerprint density at radius 3 is 2.73 bits per heavy atom. The van der Waals surface area contributed by atoms with E-state index in [1.165, 1.54) is 11.1 Å². The lowest BCUT2D eigenvalue weighted by Crippen LogP contribution is -2.25. The van der Waals surface area contributed by atoms with Gasteiger partial charge in [-0.2, -0.15) is 0 Å². The highest BCUT2D eigenvalue weighted by Crippen LogP contribution is 2.31. The highest BCUT2D eigenvalue weighted by molar-refractivity contribution is 6.30. The molecule has 0 saturated carbocycles. The van der Waals surface area contributed by atoms with Crippen molar-refractivity contribution in [2.45, 2.75) is 52.2 Å². The second-order valence-corrected chi connectivity index (χ2v) is 8.51. The number of hydrogen-bond donors (Lipinski definition) is 2. The Bertz CT molecular complexity index is 1090. The summed E-state index contributed by atoms with van der Waals surface area (Å²) in [5, 5.41) is 14.3. The van der Waals surface area contributed by atoms with E-state index in [2.05, 4.69) is 34.1 Å². The zero-order chi connectivity index (χ0) is 21.3. The van der Waals surface area contributed by atoms with Crippen LogP contribution in [0.2, 0.25) is 5.02 Å². The van der Waals surface area contributed by atoms with Crippen LogP contribution in [0.3, 0.4) is 0 Å². The number of carbonyl (C=O) groups is 1. The Balaban J connectivity index is 1.63. The number of halogens is 1. The lowest BCUT2D eigenvalue weighted by Gasteiger charge is -2.26. The van der Waals surface area contributed by atoms with E-state index in [0.29, 0.717) is 23.7 Å². The minimum Gasteiger partial charge on any atom is -0.478 e. The molecule has 1 aliphatic rings. The first-order valence-electron chi connectivity index (χ1n) is 10.4. The number of fused-ring (bicyclic) bond motifs is 1. The van der Waals surface area contributed by atoms with Crippen LogP contribution in [0, 0.1) is 13.8 Å². The second-order valence-electron chi connectivity index (χ2n) is 8.07. The fourth-order valence-electron chi connectivity index (χ4n) is 4.70. The molecule has 1 atom stereocenters. The molecule has 0 spiro atoms. The van der Waals surface area contributed by atoms with Gasteiger partial charge in [-0.15, -0.1) is 0 Å². The number of hydrogen-bond acceptors (Lipinski definition) is 2. The highest BCUT2D eigenvalue weighted by Gasteiger charge is 2.25. The number of aryl methyl sites for hydroxylation is 1. The molecule has 4 nitrogen and oxygen atoms in total. The van der Waals surface area contributed by atoms with E-state index in [4.69, 9.17) is 11.6 Å². The van der Waals surface area contributed by atoms with Gasteiger partial charge in [0.25, 0.3) is 0 Å². The third-order valence-electron chi connectivity index (χ3n) is 6.25. The molecular weight excluding hydrogens is 396 g/mol. The molecule has 4 rings (SSSR count). The monoisotopic (exact) mass is 422 g/mol. The van der Waals surface area contributed by atoms with Crippen LogP contribution in [-0.4, -0.2) is 15.6 Å². The van der Waals surface area contributed by atoms with E-state index in [0.717, 1.165) is 41.8 Å². The van der Waals surface area contributed by atoms with Gasteiger partial charge in [0, 0.05) is 41.1 Å². The molecule has 1 aromatic heterocycles. The van der Waals surface area contributed by atoms with Gasteiger partial charge in [-0.05, 0) is 61.9 Å². The largest absolute Gasteiger partial charge is 0.478 e. The fraction of sp³-hybridized carbons (Fsp3) is 0.320. The Kier molecular flexibility index (Phi) is 5.98. The van der Waals surface area contributed by atoms with Gasteiger partial charge in [-0.1, -0.05) is 48.0 Å². The van der Waals surface area contributed by atoms with Crippen molar-refractivity contribution in [2.24, 2.45) is 0 Å². The second kappa shape index (κ2) is 8.66. The van der Waals surface area contributed by atoms with Gasteiger partial charge >= 0.3 is 5.97 Å². The van der Waals surface area contributed by atoms with Gasteiger partial charge in [-0.3, -0.25) is 0 Å². The minimum atomic E-state index is -0.874. The summed E-state index contributed by atoms with van der Waals surface area (Å²) in [6.45, 7) is 5.04. The Labute approximate surface area is 182 Å². The van der Waals surface area contributed by atoms with Crippen molar-refractivity contribution in [3.8, 4) is 0 Å². The number of aromatic carboxylic acids is 1. The lowest BCUT2D eigenvalue weighted by atomic mass is 9.87. The third-order valence-corrected chi connectivity index (χ3v) is 6.48. The van der Waals surface area contributed by atoms with Crippen molar-refractivity contribution in [2.75, 3.05) is 0 Å². The van der Waals surface area contributed by atoms with E-state index >= 15 is 0 Å². The number of carboxylic acid groups (broad SMARTS) is 1. The van der Waals surface area contributed by atoms with Crippen molar-refractivity contribution in [3.05, 3.63) is 92.8 Å². The highest BCUT2D eigenvalue weighted by atomic mass is 35.5. The molecule has 5 heteroatoms. The Morgan fingerprint density at radius 2 is 1.97 bits per heavy atom. The first kappa shape index (κ1) is 20.7. The number of nitrogens with one attached hydrogen (secondary N) is 1. The van der Waals surface area contributed by atoms with Crippen molar-refractivity contribution in [3.63, 3.8) is 0 Å². The van der Waals surface area contributed by atoms with E-state index in [-0.39, 0.29) is 6.04 Å². The zero-order valence-electron chi connectivity index (χ0n) is 17.4. The van der Waals surface area contributed by atoms with Crippen LogP contribution in [0.4, 0.5) is 0 Å². The smallest absolute Gasteiger partial charge is 0.337 e. The summed E-state index contributed by atoms with van der Waals surface area (Å²) < 4.78 is 2.08. The van der Waals surface area contributed by atoms with E-state index in [1.54, 1.807) is 0 Å². The van der Waals surface area contributed by atoms with Gasteiger partial charge in [0.2, 0.25) is 0 Å². The van der Waals surface area contributed by atoms with Gasteiger partial charge in [0.05, 0.1) is 5.56 Å². The predicted octanol–water partition coefficient (Wildman–Crippen LogP) is 5.67. The third kappa shape index (κ3) is 4.03. The molecule has 0 bridgehead atoms. The van der Waals surface area contributed by atoms with Crippen molar-refractivity contribution < 1.29 is 9.90 Å². The first-order valence-corrected chi connectivity index (χ1v) is 10.8.